The Morgan fingerprint density at radius 1 is 1.22 bits per heavy atom. The Balaban J connectivity index is 2.39. The summed E-state index contributed by atoms with van der Waals surface area (Å²) < 4.78 is 0. The average molecular weight is 249 g/mol. The van der Waals surface area contributed by atoms with Crippen LogP contribution in [0, 0.1) is 5.92 Å². The van der Waals surface area contributed by atoms with Crippen molar-refractivity contribution in [3.05, 3.63) is 35.9 Å². The van der Waals surface area contributed by atoms with Crippen molar-refractivity contribution >= 4 is 11.9 Å². The van der Waals surface area contributed by atoms with Crippen LogP contribution in [0.4, 0.5) is 0 Å². The zero-order valence-corrected chi connectivity index (χ0v) is 10.7. The molecule has 2 atom stereocenters. The van der Waals surface area contributed by atoms with Gasteiger partial charge >= 0.3 is 5.97 Å². The zero-order valence-electron chi connectivity index (χ0n) is 10.7. The first-order chi connectivity index (χ1) is 8.50. The van der Waals surface area contributed by atoms with Crippen LogP contribution >= 0.6 is 0 Å². The van der Waals surface area contributed by atoms with Gasteiger partial charge in [-0.3, -0.25) is 9.59 Å². The minimum absolute atomic E-state index is 0.112. The second kappa shape index (κ2) is 6.79. The van der Waals surface area contributed by atoms with Crippen LogP contribution in [0.5, 0.6) is 0 Å². The highest BCUT2D eigenvalue weighted by Gasteiger charge is 2.14. The Morgan fingerprint density at radius 2 is 1.83 bits per heavy atom. The monoisotopic (exact) mass is 249 g/mol. The molecule has 0 aliphatic heterocycles. The minimum Gasteiger partial charge on any atom is -0.481 e. The largest absolute Gasteiger partial charge is 0.481 e. The van der Waals surface area contributed by atoms with Crippen molar-refractivity contribution in [1.82, 2.24) is 5.32 Å². The summed E-state index contributed by atoms with van der Waals surface area (Å²) in [6, 6.07) is 9.78. The lowest BCUT2D eigenvalue weighted by Crippen LogP contribution is -2.32. The first-order valence-corrected chi connectivity index (χ1v) is 6.05. The van der Waals surface area contributed by atoms with Crippen molar-refractivity contribution in [2.45, 2.75) is 26.2 Å². The normalized spacial score (nSPS) is 13.7. The molecule has 0 aliphatic rings. The molecule has 98 valence electrons. The molecule has 0 fully saturated rings. The molecule has 0 spiro atoms. The minimum atomic E-state index is -0.897. The Labute approximate surface area is 107 Å². The summed E-state index contributed by atoms with van der Waals surface area (Å²) in [6.45, 7) is 3.73. The molecule has 1 rings (SSSR count). The van der Waals surface area contributed by atoms with Crippen molar-refractivity contribution in [3.8, 4) is 0 Å². The van der Waals surface area contributed by atoms with Gasteiger partial charge in [-0.15, -0.1) is 0 Å². The van der Waals surface area contributed by atoms with E-state index in [9.17, 15) is 9.59 Å². The average Bonchev–Trinajstić information content (AvgIpc) is 2.36. The van der Waals surface area contributed by atoms with Crippen LogP contribution in [0.1, 0.15) is 31.7 Å². The number of carbonyl (C=O) groups excluding carboxylic acids is 1. The number of benzene rings is 1. The molecular weight excluding hydrogens is 230 g/mol. The molecule has 0 saturated heterocycles. The standard InChI is InChI=1S/C14H19NO3/c1-10(12-6-4-3-5-7-12)8-13(16)15-9-11(2)14(17)18/h3-7,10-11H,8-9H2,1-2H3,(H,15,16)(H,17,18). The molecule has 18 heavy (non-hydrogen) atoms. The maximum atomic E-state index is 11.6. The quantitative estimate of drug-likeness (QED) is 0.810. The van der Waals surface area contributed by atoms with Gasteiger partial charge in [-0.25, -0.2) is 0 Å². The number of hydrogen-bond donors (Lipinski definition) is 2. The summed E-state index contributed by atoms with van der Waals surface area (Å²) >= 11 is 0. The molecular formula is C14H19NO3. The molecule has 4 nitrogen and oxygen atoms in total. The van der Waals surface area contributed by atoms with E-state index in [4.69, 9.17) is 5.11 Å². The van der Waals surface area contributed by atoms with Gasteiger partial charge in [0, 0.05) is 13.0 Å². The van der Waals surface area contributed by atoms with Gasteiger partial charge < -0.3 is 10.4 Å². The van der Waals surface area contributed by atoms with Gasteiger partial charge in [-0.05, 0) is 11.5 Å². The van der Waals surface area contributed by atoms with Crippen LogP contribution in [0.3, 0.4) is 0 Å². The lowest BCUT2D eigenvalue weighted by molar-refractivity contribution is -0.141. The Kier molecular flexibility index (Phi) is 5.36. The van der Waals surface area contributed by atoms with Crippen molar-refractivity contribution in [2.24, 2.45) is 5.92 Å². The third-order valence-corrected chi connectivity index (χ3v) is 2.89. The van der Waals surface area contributed by atoms with E-state index < -0.39 is 11.9 Å². The molecule has 0 radical (unpaired) electrons. The molecule has 1 amide bonds. The summed E-state index contributed by atoms with van der Waals surface area (Å²) in [7, 11) is 0. The smallest absolute Gasteiger partial charge is 0.308 e. The molecule has 0 aliphatic carbocycles. The highest BCUT2D eigenvalue weighted by atomic mass is 16.4. The number of carboxylic acid groups (broad SMARTS) is 1. The molecule has 0 bridgehead atoms. The predicted molar refractivity (Wildman–Crippen MR) is 69.3 cm³/mol. The van der Waals surface area contributed by atoms with Crippen molar-refractivity contribution in [3.63, 3.8) is 0 Å². The van der Waals surface area contributed by atoms with Gasteiger partial charge in [0.2, 0.25) is 5.91 Å². The lowest BCUT2D eigenvalue weighted by Gasteiger charge is -2.13. The lowest BCUT2D eigenvalue weighted by atomic mass is 9.97. The SMILES string of the molecule is CC(CNC(=O)CC(C)c1ccccc1)C(=O)O. The summed E-state index contributed by atoms with van der Waals surface area (Å²) in [5.74, 6) is -1.43. The predicted octanol–water partition coefficient (Wildman–Crippen LogP) is 2.02. The maximum Gasteiger partial charge on any atom is 0.308 e. The van der Waals surface area contributed by atoms with Crippen LogP contribution < -0.4 is 5.32 Å². The number of amides is 1. The summed E-state index contributed by atoms with van der Waals surface area (Å²) in [5, 5.41) is 11.3. The van der Waals surface area contributed by atoms with E-state index >= 15 is 0 Å². The molecule has 4 heteroatoms. The van der Waals surface area contributed by atoms with Gasteiger partial charge in [-0.1, -0.05) is 44.2 Å². The molecule has 0 saturated carbocycles. The van der Waals surface area contributed by atoms with E-state index in [1.807, 2.05) is 37.3 Å². The van der Waals surface area contributed by atoms with Crippen molar-refractivity contribution < 1.29 is 14.7 Å². The van der Waals surface area contributed by atoms with Crippen molar-refractivity contribution in [2.75, 3.05) is 6.54 Å². The van der Waals surface area contributed by atoms with Crippen LogP contribution in [-0.2, 0) is 9.59 Å². The van der Waals surface area contributed by atoms with Crippen LogP contribution in [0.2, 0.25) is 0 Å². The van der Waals surface area contributed by atoms with Gasteiger partial charge in [-0.2, -0.15) is 0 Å². The van der Waals surface area contributed by atoms with Gasteiger partial charge in [0.1, 0.15) is 0 Å². The van der Waals surface area contributed by atoms with E-state index in [0.717, 1.165) is 5.56 Å². The number of hydrogen-bond acceptors (Lipinski definition) is 2. The molecule has 2 N–H and O–H groups in total. The topological polar surface area (TPSA) is 66.4 Å². The van der Waals surface area contributed by atoms with Gasteiger partial charge in [0.25, 0.3) is 0 Å². The first kappa shape index (κ1) is 14.2. The van der Waals surface area contributed by atoms with Gasteiger partial charge in [0.05, 0.1) is 5.92 Å². The summed E-state index contributed by atoms with van der Waals surface area (Å²) in [5.41, 5.74) is 1.11. The molecule has 1 aromatic carbocycles. The third kappa shape index (κ3) is 4.57. The fourth-order valence-corrected chi connectivity index (χ4v) is 1.60. The second-order valence-electron chi connectivity index (χ2n) is 4.56. The molecule has 0 heterocycles. The Morgan fingerprint density at radius 3 is 2.39 bits per heavy atom. The summed E-state index contributed by atoms with van der Waals surface area (Å²) in [4.78, 5) is 22.3. The van der Waals surface area contributed by atoms with E-state index in [2.05, 4.69) is 5.32 Å². The van der Waals surface area contributed by atoms with Crippen LogP contribution in [-0.4, -0.2) is 23.5 Å². The first-order valence-electron chi connectivity index (χ1n) is 6.05. The van der Waals surface area contributed by atoms with E-state index in [1.165, 1.54) is 0 Å². The van der Waals surface area contributed by atoms with E-state index in [-0.39, 0.29) is 18.4 Å². The summed E-state index contributed by atoms with van der Waals surface area (Å²) in [6.07, 6.45) is 0.371. The van der Waals surface area contributed by atoms with Crippen LogP contribution in [0.15, 0.2) is 30.3 Å². The number of carboxylic acids is 1. The van der Waals surface area contributed by atoms with E-state index in [0.29, 0.717) is 6.42 Å². The molecule has 0 aromatic heterocycles. The maximum absolute atomic E-state index is 11.6. The van der Waals surface area contributed by atoms with Crippen LogP contribution in [0.25, 0.3) is 0 Å². The third-order valence-electron chi connectivity index (χ3n) is 2.89. The second-order valence-corrected chi connectivity index (χ2v) is 4.56. The Hall–Kier alpha value is -1.84. The highest BCUT2D eigenvalue weighted by molar-refractivity contribution is 5.78. The number of carbonyl (C=O) groups is 2. The number of rotatable bonds is 6. The zero-order chi connectivity index (χ0) is 13.5. The van der Waals surface area contributed by atoms with Gasteiger partial charge in [0.15, 0.2) is 0 Å². The molecule has 1 aromatic rings. The number of aliphatic carboxylic acids is 1. The fourth-order valence-electron chi connectivity index (χ4n) is 1.60. The fraction of sp³-hybridized carbons (Fsp3) is 0.429. The van der Waals surface area contributed by atoms with Crippen molar-refractivity contribution in [1.29, 1.82) is 0 Å². The molecule has 2 unspecified atom stereocenters. The van der Waals surface area contributed by atoms with E-state index in [1.54, 1.807) is 6.92 Å². The highest BCUT2D eigenvalue weighted by Crippen LogP contribution is 2.17. The Bertz CT molecular complexity index is 403. The number of nitrogens with one attached hydrogen (secondary N) is 1.